The third-order valence-corrected chi connectivity index (χ3v) is 5.74. The summed E-state index contributed by atoms with van der Waals surface area (Å²) in [4.78, 5) is 14.8. The lowest BCUT2D eigenvalue weighted by Crippen LogP contribution is -2.45. The van der Waals surface area contributed by atoms with Gasteiger partial charge >= 0.3 is 6.03 Å². The fourth-order valence-electron chi connectivity index (χ4n) is 3.55. The number of carbonyl (C=O) groups is 1. The lowest BCUT2D eigenvalue weighted by atomic mass is 9.97. The highest BCUT2D eigenvalue weighted by atomic mass is 35.5. The Balaban J connectivity index is 1.96. The molecule has 1 amide bonds. The predicted molar refractivity (Wildman–Crippen MR) is 114 cm³/mol. The Bertz CT molecular complexity index is 1060. The van der Waals surface area contributed by atoms with Crippen LogP contribution in [-0.2, 0) is 6.42 Å². The van der Waals surface area contributed by atoms with Crippen LogP contribution in [-0.4, -0.2) is 33.3 Å². The molecule has 0 atom stereocenters. The van der Waals surface area contributed by atoms with Crippen molar-refractivity contribution in [1.29, 1.82) is 0 Å². The normalized spacial score (nSPS) is 13.9. The van der Waals surface area contributed by atoms with E-state index in [4.69, 9.17) is 34.8 Å². The number of rotatable bonds is 3. The van der Waals surface area contributed by atoms with Gasteiger partial charge in [-0.1, -0.05) is 46.9 Å². The molecule has 0 unspecified atom stereocenters. The Labute approximate surface area is 178 Å². The maximum absolute atomic E-state index is 13.0. The lowest BCUT2D eigenvalue weighted by molar-refractivity contribution is 0.173. The summed E-state index contributed by atoms with van der Waals surface area (Å²) in [6.07, 6.45) is 0.708. The Morgan fingerprint density at radius 3 is 2.32 bits per heavy atom. The zero-order valence-corrected chi connectivity index (χ0v) is 17.7. The first-order valence-corrected chi connectivity index (χ1v) is 10.1. The van der Waals surface area contributed by atoms with Gasteiger partial charge < -0.3 is 4.90 Å². The van der Waals surface area contributed by atoms with Crippen LogP contribution >= 0.6 is 34.8 Å². The van der Waals surface area contributed by atoms with Crippen LogP contribution in [0.4, 0.5) is 4.79 Å². The van der Waals surface area contributed by atoms with E-state index in [-0.39, 0.29) is 12.1 Å². The van der Waals surface area contributed by atoms with Gasteiger partial charge in [-0.25, -0.2) is 4.79 Å². The number of fused-ring (bicyclic) bond motifs is 1. The molecule has 0 saturated heterocycles. The molecule has 3 aromatic rings. The fraction of sp³-hybridized carbons (Fsp3) is 0.238. The van der Waals surface area contributed by atoms with Gasteiger partial charge in [-0.3, -0.25) is 0 Å². The average molecular weight is 435 g/mol. The zero-order chi connectivity index (χ0) is 20.0. The van der Waals surface area contributed by atoms with E-state index in [0.29, 0.717) is 33.7 Å². The predicted octanol–water partition coefficient (Wildman–Crippen LogP) is 6.41. The molecule has 1 aliphatic heterocycles. The van der Waals surface area contributed by atoms with Crippen molar-refractivity contribution in [2.24, 2.45) is 0 Å². The summed E-state index contributed by atoms with van der Waals surface area (Å²) in [5.74, 6) is 0. The topological polar surface area (TPSA) is 38.1 Å². The van der Waals surface area contributed by atoms with Crippen LogP contribution < -0.4 is 0 Å². The molecule has 4 nitrogen and oxygen atoms in total. The molecule has 4 rings (SSSR count). The monoisotopic (exact) mass is 433 g/mol. The number of nitrogens with zero attached hydrogens (tertiary/aromatic N) is 3. The van der Waals surface area contributed by atoms with E-state index in [1.54, 1.807) is 12.1 Å². The standard InChI is InChI=1S/C21H18Cl3N3O/c1-12(2)26-10-9-18-19(13-3-5-14(22)6-4-13)20(25-27(18)21(26)28)16-8-7-15(23)11-17(16)24/h3-8,11-12H,9-10H2,1-2H3. The SMILES string of the molecule is CC(C)N1CCc2c(-c3ccc(Cl)cc3)c(-c3ccc(Cl)cc3Cl)nn2C1=O. The Kier molecular flexibility index (Phi) is 5.13. The summed E-state index contributed by atoms with van der Waals surface area (Å²) in [7, 11) is 0. The number of hydrogen-bond acceptors (Lipinski definition) is 2. The van der Waals surface area contributed by atoms with Crippen molar-refractivity contribution >= 4 is 40.8 Å². The highest BCUT2D eigenvalue weighted by Crippen LogP contribution is 2.40. The molecular weight excluding hydrogens is 417 g/mol. The first-order chi connectivity index (χ1) is 13.4. The van der Waals surface area contributed by atoms with Crippen LogP contribution in [0.1, 0.15) is 19.5 Å². The van der Waals surface area contributed by atoms with E-state index in [1.807, 2.05) is 49.1 Å². The summed E-state index contributed by atoms with van der Waals surface area (Å²) in [5, 5.41) is 6.38. The van der Waals surface area contributed by atoms with Gasteiger partial charge in [0, 0.05) is 40.2 Å². The molecule has 7 heteroatoms. The van der Waals surface area contributed by atoms with Crippen molar-refractivity contribution in [3.8, 4) is 22.4 Å². The Morgan fingerprint density at radius 1 is 1.00 bits per heavy atom. The van der Waals surface area contributed by atoms with Crippen molar-refractivity contribution in [1.82, 2.24) is 14.7 Å². The third kappa shape index (κ3) is 3.30. The summed E-state index contributed by atoms with van der Waals surface area (Å²) in [6, 6.07) is 12.8. The lowest BCUT2D eigenvalue weighted by Gasteiger charge is -2.30. The van der Waals surface area contributed by atoms with Gasteiger partial charge in [-0.05, 0) is 49.7 Å². The van der Waals surface area contributed by atoms with Crippen LogP contribution in [0, 0.1) is 0 Å². The van der Waals surface area contributed by atoms with Crippen LogP contribution in [0.15, 0.2) is 42.5 Å². The number of benzene rings is 2. The van der Waals surface area contributed by atoms with E-state index < -0.39 is 0 Å². The van der Waals surface area contributed by atoms with Crippen LogP contribution in [0.25, 0.3) is 22.4 Å². The highest BCUT2D eigenvalue weighted by Gasteiger charge is 2.32. The maximum Gasteiger partial charge on any atom is 0.345 e. The molecule has 0 saturated carbocycles. The van der Waals surface area contributed by atoms with Gasteiger partial charge in [-0.2, -0.15) is 9.78 Å². The first kappa shape index (κ1) is 19.3. The van der Waals surface area contributed by atoms with Gasteiger partial charge in [0.05, 0.1) is 10.7 Å². The Hall–Kier alpha value is -2.01. The molecule has 0 fully saturated rings. The number of aromatic nitrogens is 2. The molecule has 0 aliphatic carbocycles. The molecule has 0 spiro atoms. The van der Waals surface area contributed by atoms with Crippen molar-refractivity contribution in [2.75, 3.05) is 6.54 Å². The summed E-state index contributed by atoms with van der Waals surface area (Å²) >= 11 is 18.6. The molecular formula is C21H18Cl3N3O. The van der Waals surface area contributed by atoms with Crippen LogP contribution in [0.2, 0.25) is 15.1 Å². The second-order valence-corrected chi connectivity index (χ2v) is 8.31. The van der Waals surface area contributed by atoms with Crippen molar-refractivity contribution in [3.63, 3.8) is 0 Å². The summed E-state index contributed by atoms with van der Waals surface area (Å²) in [5.41, 5.74) is 4.13. The quantitative estimate of drug-likeness (QED) is 0.477. The molecule has 2 aromatic carbocycles. The molecule has 0 N–H and O–H groups in total. The van der Waals surface area contributed by atoms with Crippen molar-refractivity contribution in [3.05, 3.63) is 63.2 Å². The summed E-state index contributed by atoms with van der Waals surface area (Å²) in [6.45, 7) is 4.66. The average Bonchev–Trinajstić information content (AvgIpc) is 3.02. The number of amides is 1. The zero-order valence-electron chi connectivity index (χ0n) is 15.4. The summed E-state index contributed by atoms with van der Waals surface area (Å²) < 4.78 is 1.51. The molecule has 1 aliphatic rings. The minimum absolute atomic E-state index is 0.103. The number of halogens is 3. The smallest absolute Gasteiger partial charge is 0.320 e. The number of hydrogen-bond donors (Lipinski definition) is 0. The Morgan fingerprint density at radius 2 is 1.68 bits per heavy atom. The number of carbonyl (C=O) groups excluding carboxylic acids is 1. The van der Waals surface area contributed by atoms with Gasteiger partial charge in [0.2, 0.25) is 0 Å². The van der Waals surface area contributed by atoms with Crippen molar-refractivity contribution in [2.45, 2.75) is 26.3 Å². The van der Waals surface area contributed by atoms with E-state index in [1.165, 1.54) is 4.68 Å². The van der Waals surface area contributed by atoms with Gasteiger partial charge in [0.25, 0.3) is 0 Å². The van der Waals surface area contributed by atoms with E-state index in [0.717, 1.165) is 22.4 Å². The highest BCUT2D eigenvalue weighted by molar-refractivity contribution is 6.36. The van der Waals surface area contributed by atoms with Gasteiger partial charge in [0.1, 0.15) is 5.69 Å². The molecule has 1 aromatic heterocycles. The fourth-order valence-corrected chi connectivity index (χ4v) is 4.18. The van der Waals surface area contributed by atoms with Crippen molar-refractivity contribution < 1.29 is 4.79 Å². The van der Waals surface area contributed by atoms with E-state index in [2.05, 4.69) is 5.10 Å². The first-order valence-electron chi connectivity index (χ1n) is 9.01. The molecule has 28 heavy (non-hydrogen) atoms. The van der Waals surface area contributed by atoms with E-state index >= 15 is 0 Å². The van der Waals surface area contributed by atoms with Crippen LogP contribution in [0.5, 0.6) is 0 Å². The minimum Gasteiger partial charge on any atom is -0.320 e. The second kappa shape index (κ2) is 7.43. The maximum atomic E-state index is 13.0. The molecule has 144 valence electrons. The minimum atomic E-state index is -0.122. The molecule has 2 heterocycles. The van der Waals surface area contributed by atoms with Crippen LogP contribution in [0.3, 0.4) is 0 Å². The third-order valence-electron chi connectivity index (χ3n) is 4.94. The molecule has 0 bridgehead atoms. The van der Waals surface area contributed by atoms with Gasteiger partial charge in [0.15, 0.2) is 0 Å². The second-order valence-electron chi connectivity index (χ2n) is 7.03. The largest absolute Gasteiger partial charge is 0.345 e. The molecule has 0 radical (unpaired) electrons. The van der Waals surface area contributed by atoms with Gasteiger partial charge in [-0.15, -0.1) is 0 Å². The van der Waals surface area contributed by atoms with E-state index in [9.17, 15) is 4.79 Å².